The number of benzene rings is 2. The van der Waals surface area contributed by atoms with Crippen molar-refractivity contribution in [3.05, 3.63) is 66.2 Å². The van der Waals surface area contributed by atoms with Crippen molar-refractivity contribution in [2.24, 2.45) is 5.92 Å². The first-order valence-electron chi connectivity index (χ1n) is 10.2. The van der Waals surface area contributed by atoms with Crippen molar-refractivity contribution >= 4 is 17.4 Å². The molecule has 1 aliphatic rings. The molecule has 2 aromatic carbocycles. The second-order valence-corrected chi connectivity index (χ2v) is 7.41. The van der Waals surface area contributed by atoms with Gasteiger partial charge in [0, 0.05) is 24.6 Å². The molecule has 0 unspecified atom stereocenters. The van der Waals surface area contributed by atoms with Gasteiger partial charge in [-0.05, 0) is 61.4 Å². The van der Waals surface area contributed by atoms with Crippen molar-refractivity contribution in [2.75, 3.05) is 30.4 Å². The summed E-state index contributed by atoms with van der Waals surface area (Å²) in [6.45, 7) is 1.46. The number of para-hydroxylation sites is 1. The number of hydrogen-bond acceptors (Lipinski definition) is 6. The van der Waals surface area contributed by atoms with E-state index in [4.69, 9.17) is 4.74 Å². The molecule has 0 saturated carbocycles. The molecule has 31 heavy (non-hydrogen) atoms. The van der Waals surface area contributed by atoms with Crippen LogP contribution in [0.25, 0.3) is 11.3 Å². The molecule has 1 aliphatic heterocycles. The molecule has 1 saturated heterocycles. The monoisotopic (exact) mass is 413 g/mol. The second-order valence-electron chi connectivity index (χ2n) is 7.41. The van der Waals surface area contributed by atoms with Crippen molar-refractivity contribution in [3.8, 4) is 23.1 Å². The molecule has 156 valence electrons. The minimum absolute atomic E-state index is 0.0386. The number of piperidine rings is 1. The third kappa shape index (κ3) is 4.64. The van der Waals surface area contributed by atoms with Crippen molar-refractivity contribution < 1.29 is 9.53 Å². The molecule has 0 atom stereocenters. The maximum atomic E-state index is 12.7. The fourth-order valence-corrected chi connectivity index (χ4v) is 3.70. The van der Waals surface area contributed by atoms with Gasteiger partial charge in [-0.1, -0.05) is 12.1 Å². The molecule has 1 N–H and O–H groups in total. The molecule has 0 spiro atoms. The molecular weight excluding hydrogens is 390 g/mol. The average molecular weight is 413 g/mol. The summed E-state index contributed by atoms with van der Waals surface area (Å²) < 4.78 is 5.19. The van der Waals surface area contributed by atoms with E-state index in [-0.39, 0.29) is 11.8 Å². The maximum absolute atomic E-state index is 12.7. The molecule has 1 fully saturated rings. The molecule has 2 heterocycles. The van der Waals surface area contributed by atoms with Gasteiger partial charge < -0.3 is 15.0 Å². The van der Waals surface area contributed by atoms with Gasteiger partial charge in [-0.25, -0.2) is 0 Å². The number of anilines is 2. The second kappa shape index (κ2) is 9.26. The van der Waals surface area contributed by atoms with Gasteiger partial charge in [0.15, 0.2) is 5.82 Å². The number of ether oxygens (including phenoxy) is 1. The van der Waals surface area contributed by atoms with Crippen LogP contribution in [0.4, 0.5) is 11.5 Å². The molecule has 0 bridgehead atoms. The Morgan fingerprint density at radius 1 is 1.06 bits per heavy atom. The van der Waals surface area contributed by atoms with Crippen LogP contribution in [-0.2, 0) is 4.79 Å². The number of nitrogens with one attached hydrogen (secondary N) is 1. The van der Waals surface area contributed by atoms with Crippen LogP contribution in [0.15, 0.2) is 60.7 Å². The summed E-state index contributed by atoms with van der Waals surface area (Å²) in [6.07, 6.45) is 1.45. The lowest BCUT2D eigenvalue weighted by Crippen LogP contribution is -2.38. The molecule has 0 aliphatic carbocycles. The number of methoxy groups -OCH3 is 1. The number of hydrogen-bond donors (Lipinski definition) is 1. The summed E-state index contributed by atoms with van der Waals surface area (Å²) in [5, 5.41) is 20.9. The Labute approximate surface area is 181 Å². The van der Waals surface area contributed by atoms with E-state index in [1.165, 1.54) is 0 Å². The van der Waals surface area contributed by atoms with Gasteiger partial charge in [-0.15, -0.1) is 10.2 Å². The molecular formula is C24H23N5O2. The highest BCUT2D eigenvalue weighted by molar-refractivity contribution is 5.94. The zero-order valence-electron chi connectivity index (χ0n) is 17.3. The maximum Gasteiger partial charge on any atom is 0.227 e. The van der Waals surface area contributed by atoms with Crippen LogP contribution >= 0.6 is 0 Å². The van der Waals surface area contributed by atoms with Crippen LogP contribution in [0.3, 0.4) is 0 Å². The van der Waals surface area contributed by atoms with Crippen LogP contribution in [0, 0.1) is 17.2 Å². The Kier molecular flexibility index (Phi) is 6.08. The minimum atomic E-state index is -0.0884. The van der Waals surface area contributed by atoms with E-state index >= 15 is 0 Å². The van der Waals surface area contributed by atoms with E-state index in [1.54, 1.807) is 25.3 Å². The van der Waals surface area contributed by atoms with Crippen LogP contribution in [0.2, 0.25) is 0 Å². The van der Waals surface area contributed by atoms with Crippen LogP contribution < -0.4 is 15.0 Å². The van der Waals surface area contributed by atoms with Gasteiger partial charge in [-0.2, -0.15) is 5.26 Å². The third-order valence-corrected chi connectivity index (χ3v) is 5.53. The number of nitrogens with zero attached hydrogens (tertiary/aromatic N) is 4. The van der Waals surface area contributed by atoms with E-state index in [0.29, 0.717) is 11.3 Å². The van der Waals surface area contributed by atoms with Gasteiger partial charge >= 0.3 is 0 Å². The number of carbonyl (C=O) groups is 1. The molecule has 0 radical (unpaired) electrons. The van der Waals surface area contributed by atoms with Crippen molar-refractivity contribution in [1.29, 1.82) is 5.26 Å². The lowest BCUT2D eigenvalue weighted by atomic mass is 9.95. The molecule has 3 aromatic rings. The predicted molar refractivity (Wildman–Crippen MR) is 119 cm³/mol. The number of aromatic nitrogens is 2. The number of rotatable bonds is 5. The summed E-state index contributed by atoms with van der Waals surface area (Å²) >= 11 is 0. The summed E-state index contributed by atoms with van der Waals surface area (Å²) in [6, 6.07) is 20.8. The first kappa shape index (κ1) is 20.4. The lowest BCUT2D eigenvalue weighted by Gasteiger charge is -2.31. The van der Waals surface area contributed by atoms with E-state index in [0.717, 1.165) is 48.8 Å². The van der Waals surface area contributed by atoms with Gasteiger partial charge in [0.1, 0.15) is 11.8 Å². The fourth-order valence-electron chi connectivity index (χ4n) is 3.70. The van der Waals surface area contributed by atoms with Crippen molar-refractivity contribution in [1.82, 2.24) is 10.2 Å². The Balaban J connectivity index is 1.35. The Hall–Kier alpha value is -3.92. The normalized spacial score (nSPS) is 14.0. The summed E-state index contributed by atoms with van der Waals surface area (Å²) in [7, 11) is 1.64. The number of carbonyl (C=O) groups excluding carboxylic acids is 1. The van der Waals surface area contributed by atoms with Crippen molar-refractivity contribution in [2.45, 2.75) is 12.8 Å². The molecule has 7 nitrogen and oxygen atoms in total. The topological polar surface area (TPSA) is 91.1 Å². The fraction of sp³-hybridized carbons (Fsp3) is 0.250. The third-order valence-electron chi connectivity index (χ3n) is 5.53. The first-order valence-corrected chi connectivity index (χ1v) is 10.2. The quantitative estimate of drug-likeness (QED) is 0.683. The zero-order valence-corrected chi connectivity index (χ0v) is 17.3. The highest BCUT2D eigenvalue weighted by Crippen LogP contribution is 2.25. The van der Waals surface area contributed by atoms with E-state index in [2.05, 4.69) is 26.5 Å². The molecule has 1 amide bonds. The van der Waals surface area contributed by atoms with Gasteiger partial charge in [0.2, 0.25) is 5.91 Å². The van der Waals surface area contributed by atoms with E-state index in [9.17, 15) is 10.1 Å². The predicted octanol–water partition coefficient (Wildman–Crippen LogP) is 3.88. The number of nitriles is 1. The Morgan fingerprint density at radius 2 is 1.81 bits per heavy atom. The van der Waals surface area contributed by atoms with E-state index < -0.39 is 0 Å². The lowest BCUT2D eigenvalue weighted by molar-refractivity contribution is -0.120. The van der Waals surface area contributed by atoms with Crippen LogP contribution in [0.1, 0.15) is 18.4 Å². The standard InChI is InChI=1S/C24H23N5O2/c1-31-20-8-6-17(7-9-20)22-10-11-23(28-27-22)29-14-12-18(13-15-29)24(30)26-21-5-3-2-4-19(21)16-25/h2-11,18H,12-15H2,1H3,(H,26,30). The summed E-state index contributed by atoms with van der Waals surface area (Å²) in [4.78, 5) is 14.8. The SMILES string of the molecule is COc1ccc(-c2ccc(N3CCC(C(=O)Nc4ccccc4C#N)CC3)nn2)cc1. The smallest absolute Gasteiger partial charge is 0.227 e. The Morgan fingerprint density at radius 3 is 2.45 bits per heavy atom. The first-order chi connectivity index (χ1) is 15.2. The minimum Gasteiger partial charge on any atom is -0.497 e. The summed E-state index contributed by atoms with van der Waals surface area (Å²) in [5.41, 5.74) is 2.82. The zero-order chi connectivity index (χ0) is 21.6. The van der Waals surface area contributed by atoms with Crippen LogP contribution in [0.5, 0.6) is 5.75 Å². The largest absolute Gasteiger partial charge is 0.497 e. The average Bonchev–Trinajstić information content (AvgIpc) is 2.84. The highest BCUT2D eigenvalue weighted by Gasteiger charge is 2.26. The van der Waals surface area contributed by atoms with Crippen molar-refractivity contribution in [3.63, 3.8) is 0 Å². The number of amides is 1. The summed E-state index contributed by atoms with van der Waals surface area (Å²) in [5.74, 6) is 1.49. The Bertz CT molecular complexity index is 1080. The highest BCUT2D eigenvalue weighted by atomic mass is 16.5. The van der Waals surface area contributed by atoms with Gasteiger partial charge in [-0.3, -0.25) is 4.79 Å². The van der Waals surface area contributed by atoms with Gasteiger partial charge in [0.25, 0.3) is 0 Å². The van der Waals surface area contributed by atoms with Gasteiger partial charge in [0.05, 0.1) is 24.1 Å². The van der Waals surface area contributed by atoms with E-state index in [1.807, 2.05) is 42.5 Å². The molecule has 7 heteroatoms. The van der Waals surface area contributed by atoms with Crippen LogP contribution in [-0.4, -0.2) is 36.3 Å². The molecule has 1 aromatic heterocycles. The molecule has 4 rings (SSSR count).